The summed E-state index contributed by atoms with van der Waals surface area (Å²) in [5, 5.41) is 13.4. The van der Waals surface area contributed by atoms with Crippen molar-refractivity contribution >= 4 is 22.7 Å². The summed E-state index contributed by atoms with van der Waals surface area (Å²) in [5.74, 6) is -1.05. The fraction of sp³-hybridized carbons (Fsp3) is 0.385. The SMILES string of the molecule is CCCCNC(=O)Cn1c(=O)oc2ccc([N+](=O)[O-])cc21. The predicted octanol–water partition coefficient (Wildman–Crippen LogP) is 1.42. The van der Waals surface area contributed by atoms with E-state index in [9.17, 15) is 19.7 Å². The van der Waals surface area contributed by atoms with E-state index in [1.807, 2.05) is 6.92 Å². The van der Waals surface area contributed by atoms with E-state index in [1.165, 1.54) is 18.2 Å². The Morgan fingerprint density at radius 2 is 2.24 bits per heavy atom. The van der Waals surface area contributed by atoms with Gasteiger partial charge in [0.15, 0.2) is 5.58 Å². The molecule has 0 atom stereocenters. The second-order valence-electron chi connectivity index (χ2n) is 4.57. The molecule has 0 fully saturated rings. The van der Waals surface area contributed by atoms with E-state index < -0.39 is 10.7 Å². The Labute approximate surface area is 119 Å². The summed E-state index contributed by atoms with van der Waals surface area (Å²) >= 11 is 0. The van der Waals surface area contributed by atoms with Gasteiger partial charge in [0.2, 0.25) is 5.91 Å². The normalized spacial score (nSPS) is 10.7. The van der Waals surface area contributed by atoms with Gasteiger partial charge in [-0.3, -0.25) is 19.5 Å². The molecule has 112 valence electrons. The molecule has 1 amide bonds. The molecular weight excluding hydrogens is 278 g/mol. The van der Waals surface area contributed by atoms with Crippen LogP contribution in [0.15, 0.2) is 27.4 Å². The highest BCUT2D eigenvalue weighted by molar-refractivity contribution is 5.80. The quantitative estimate of drug-likeness (QED) is 0.492. The number of nitrogens with one attached hydrogen (secondary N) is 1. The number of carbonyl (C=O) groups is 1. The highest BCUT2D eigenvalue weighted by Gasteiger charge is 2.16. The minimum Gasteiger partial charge on any atom is -0.408 e. The first-order chi connectivity index (χ1) is 10.0. The Kier molecular flexibility index (Phi) is 4.36. The summed E-state index contributed by atoms with van der Waals surface area (Å²) in [6, 6.07) is 3.82. The second kappa shape index (κ2) is 6.21. The third-order valence-corrected chi connectivity index (χ3v) is 3.02. The molecule has 0 radical (unpaired) electrons. The van der Waals surface area contributed by atoms with Gasteiger partial charge in [-0.25, -0.2) is 4.79 Å². The number of hydrogen-bond acceptors (Lipinski definition) is 5. The molecule has 2 aromatic rings. The largest absolute Gasteiger partial charge is 0.420 e. The number of oxazole rings is 1. The zero-order chi connectivity index (χ0) is 15.4. The summed E-state index contributed by atoms with van der Waals surface area (Å²) < 4.78 is 6.05. The number of benzene rings is 1. The van der Waals surface area contributed by atoms with Crippen LogP contribution in [-0.2, 0) is 11.3 Å². The van der Waals surface area contributed by atoms with Crippen LogP contribution in [0.5, 0.6) is 0 Å². The van der Waals surface area contributed by atoms with E-state index in [4.69, 9.17) is 4.42 Å². The van der Waals surface area contributed by atoms with Crippen molar-refractivity contribution in [1.29, 1.82) is 0 Å². The number of hydrogen-bond donors (Lipinski definition) is 1. The Balaban J connectivity index is 2.28. The summed E-state index contributed by atoms with van der Waals surface area (Å²) in [4.78, 5) is 33.7. The van der Waals surface area contributed by atoms with Gasteiger partial charge in [-0.05, 0) is 12.5 Å². The number of carbonyl (C=O) groups excluding carboxylic acids is 1. The number of nitro groups is 1. The lowest BCUT2D eigenvalue weighted by molar-refractivity contribution is -0.384. The van der Waals surface area contributed by atoms with Crippen LogP contribution in [0, 0.1) is 10.1 Å². The number of nitrogens with zero attached hydrogens (tertiary/aromatic N) is 2. The molecule has 0 aliphatic rings. The highest BCUT2D eigenvalue weighted by atomic mass is 16.6. The van der Waals surface area contributed by atoms with Gasteiger partial charge in [-0.2, -0.15) is 0 Å². The van der Waals surface area contributed by atoms with Gasteiger partial charge in [-0.15, -0.1) is 0 Å². The topological polar surface area (TPSA) is 107 Å². The van der Waals surface area contributed by atoms with Gasteiger partial charge in [0, 0.05) is 18.7 Å². The molecule has 0 saturated carbocycles. The van der Waals surface area contributed by atoms with Gasteiger partial charge in [0.05, 0.1) is 10.4 Å². The monoisotopic (exact) mass is 293 g/mol. The van der Waals surface area contributed by atoms with Crippen molar-refractivity contribution in [2.45, 2.75) is 26.3 Å². The predicted molar refractivity (Wildman–Crippen MR) is 75.0 cm³/mol. The van der Waals surface area contributed by atoms with Crippen molar-refractivity contribution in [3.05, 3.63) is 38.9 Å². The van der Waals surface area contributed by atoms with Crippen molar-refractivity contribution < 1.29 is 14.1 Å². The van der Waals surface area contributed by atoms with Crippen LogP contribution in [0.4, 0.5) is 5.69 Å². The minimum absolute atomic E-state index is 0.163. The zero-order valence-electron chi connectivity index (χ0n) is 11.5. The third kappa shape index (κ3) is 3.28. The first kappa shape index (κ1) is 14.8. The lowest BCUT2D eigenvalue weighted by Gasteiger charge is -2.04. The maximum absolute atomic E-state index is 11.8. The van der Waals surface area contributed by atoms with Gasteiger partial charge in [0.25, 0.3) is 5.69 Å². The Hall–Kier alpha value is -2.64. The molecule has 1 heterocycles. The average molecular weight is 293 g/mol. The maximum Gasteiger partial charge on any atom is 0.420 e. The maximum atomic E-state index is 11.8. The van der Waals surface area contributed by atoms with E-state index in [1.54, 1.807) is 0 Å². The molecule has 0 aliphatic heterocycles. The van der Waals surface area contributed by atoms with E-state index >= 15 is 0 Å². The van der Waals surface area contributed by atoms with Crippen LogP contribution in [0.3, 0.4) is 0 Å². The molecule has 0 spiro atoms. The first-order valence-electron chi connectivity index (χ1n) is 6.57. The van der Waals surface area contributed by atoms with Crippen molar-refractivity contribution in [3.8, 4) is 0 Å². The first-order valence-corrected chi connectivity index (χ1v) is 6.57. The van der Waals surface area contributed by atoms with E-state index in [2.05, 4.69) is 5.32 Å². The molecule has 1 aromatic carbocycles. The Morgan fingerprint density at radius 3 is 2.90 bits per heavy atom. The van der Waals surface area contributed by atoms with Crippen molar-refractivity contribution in [2.24, 2.45) is 0 Å². The zero-order valence-corrected chi connectivity index (χ0v) is 11.5. The molecule has 8 nitrogen and oxygen atoms in total. The van der Waals surface area contributed by atoms with Crippen LogP contribution >= 0.6 is 0 Å². The fourth-order valence-corrected chi connectivity index (χ4v) is 1.92. The van der Waals surface area contributed by atoms with Crippen molar-refractivity contribution in [2.75, 3.05) is 6.54 Å². The molecule has 21 heavy (non-hydrogen) atoms. The van der Waals surface area contributed by atoms with Gasteiger partial charge in [-0.1, -0.05) is 13.3 Å². The molecule has 8 heteroatoms. The van der Waals surface area contributed by atoms with Crippen LogP contribution in [0.2, 0.25) is 0 Å². The summed E-state index contributed by atoms with van der Waals surface area (Å²) in [6.07, 6.45) is 1.79. The highest BCUT2D eigenvalue weighted by Crippen LogP contribution is 2.19. The summed E-state index contributed by atoms with van der Waals surface area (Å²) in [7, 11) is 0. The molecule has 1 N–H and O–H groups in total. The fourth-order valence-electron chi connectivity index (χ4n) is 1.92. The number of nitro benzene ring substituents is 1. The molecule has 0 unspecified atom stereocenters. The van der Waals surface area contributed by atoms with E-state index in [-0.39, 0.29) is 29.2 Å². The molecular formula is C13H15N3O5. The average Bonchev–Trinajstić information content (AvgIpc) is 2.74. The third-order valence-electron chi connectivity index (χ3n) is 3.02. The van der Waals surface area contributed by atoms with Gasteiger partial charge in [0.1, 0.15) is 6.54 Å². The Morgan fingerprint density at radius 1 is 1.48 bits per heavy atom. The number of non-ortho nitro benzene ring substituents is 1. The standard InChI is InChI=1S/C13H15N3O5/c1-2-3-6-14-12(17)8-15-10-7-9(16(19)20)4-5-11(10)21-13(15)18/h4-5,7H,2-3,6,8H2,1H3,(H,14,17). The van der Waals surface area contributed by atoms with Gasteiger partial charge < -0.3 is 9.73 Å². The van der Waals surface area contributed by atoms with Crippen LogP contribution < -0.4 is 11.1 Å². The lowest BCUT2D eigenvalue weighted by atomic mass is 10.3. The molecule has 0 bridgehead atoms. The Bertz CT molecular complexity index is 731. The molecule has 2 rings (SSSR count). The van der Waals surface area contributed by atoms with Crippen molar-refractivity contribution in [3.63, 3.8) is 0 Å². The number of unbranched alkanes of at least 4 members (excludes halogenated alkanes) is 1. The number of fused-ring (bicyclic) bond motifs is 1. The molecule has 1 aromatic heterocycles. The van der Waals surface area contributed by atoms with Crippen LogP contribution in [0.1, 0.15) is 19.8 Å². The molecule has 0 aliphatic carbocycles. The number of aromatic nitrogens is 1. The summed E-state index contributed by atoms with van der Waals surface area (Å²) in [5.41, 5.74) is 0.287. The second-order valence-corrected chi connectivity index (χ2v) is 4.57. The van der Waals surface area contributed by atoms with E-state index in [0.717, 1.165) is 17.4 Å². The number of rotatable bonds is 6. The van der Waals surface area contributed by atoms with Gasteiger partial charge >= 0.3 is 5.76 Å². The summed E-state index contributed by atoms with van der Waals surface area (Å²) in [6.45, 7) is 2.30. The van der Waals surface area contributed by atoms with E-state index in [0.29, 0.717) is 6.54 Å². The minimum atomic E-state index is -0.712. The smallest absolute Gasteiger partial charge is 0.408 e. The number of amides is 1. The van der Waals surface area contributed by atoms with Crippen LogP contribution in [-0.4, -0.2) is 21.9 Å². The molecule has 0 saturated heterocycles. The van der Waals surface area contributed by atoms with Crippen LogP contribution in [0.25, 0.3) is 11.1 Å². The lowest BCUT2D eigenvalue weighted by Crippen LogP contribution is -2.31. The van der Waals surface area contributed by atoms with Crippen molar-refractivity contribution in [1.82, 2.24) is 9.88 Å².